The summed E-state index contributed by atoms with van der Waals surface area (Å²) in [5.74, 6) is 2.20. The van der Waals surface area contributed by atoms with Crippen molar-refractivity contribution in [2.75, 3.05) is 6.54 Å². The van der Waals surface area contributed by atoms with Crippen LogP contribution in [0.2, 0.25) is 0 Å². The van der Waals surface area contributed by atoms with E-state index in [1.807, 2.05) is 29.2 Å². The van der Waals surface area contributed by atoms with E-state index in [1.54, 1.807) is 12.5 Å². The minimum Gasteiger partial charge on any atom is -0.467 e. The second-order valence-corrected chi connectivity index (χ2v) is 5.59. The van der Waals surface area contributed by atoms with Crippen LogP contribution < -0.4 is 5.32 Å². The molecule has 1 N–H and O–H groups in total. The van der Waals surface area contributed by atoms with Gasteiger partial charge in [0.05, 0.1) is 25.1 Å². The van der Waals surface area contributed by atoms with Crippen molar-refractivity contribution in [3.63, 3.8) is 0 Å². The Hall–Kier alpha value is -2.17. The van der Waals surface area contributed by atoms with Gasteiger partial charge in [0, 0.05) is 6.54 Å². The standard InChI is InChI=1S/C16H20N2O3/c1-12-6-7-18(14(10-12)15-5-3-9-21-15)16(19)17-11-13-4-2-8-20-13/h2-5,8-9,12,14H,6-7,10-11H2,1H3,(H,17,19)/t12-,14-/m0/s1. The molecular formula is C16H20N2O3. The van der Waals surface area contributed by atoms with E-state index in [0.29, 0.717) is 12.5 Å². The third-order valence-corrected chi connectivity index (χ3v) is 3.99. The fraction of sp³-hybridized carbons (Fsp3) is 0.438. The average Bonchev–Trinajstić information content (AvgIpc) is 3.18. The van der Waals surface area contributed by atoms with Crippen LogP contribution in [-0.4, -0.2) is 17.5 Å². The SMILES string of the molecule is C[C@H]1CCN(C(=O)NCc2ccco2)[C@H](c2ccco2)C1. The molecule has 112 valence electrons. The van der Waals surface area contributed by atoms with Gasteiger partial charge < -0.3 is 19.1 Å². The quantitative estimate of drug-likeness (QED) is 0.939. The molecule has 1 aliphatic rings. The van der Waals surface area contributed by atoms with E-state index in [-0.39, 0.29) is 12.1 Å². The van der Waals surface area contributed by atoms with Crippen molar-refractivity contribution in [1.29, 1.82) is 0 Å². The van der Waals surface area contributed by atoms with Crippen LogP contribution in [0.15, 0.2) is 45.6 Å². The summed E-state index contributed by atoms with van der Waals surface area (Å²) < 4.78 is 10.7. The lowest BCUT2D eigenvalue weighted by Gasteiger charge is -2.37. The first kappa shape index (κ1) is 13.8. The predicted molar refractivity (Wildman–Crippen MR) is 77.5 cm³/mol. The number of piperidine rings is 1. The summed E-state index contributed by atoms with van der Waals surface area (Å²) in [7, 11) is 0. The molecule has 1 saturated heterocycles. The van der Waals surface area contributed by atoms with Crippen molar-refractivity contribution in [3.8, 4) is 0 Å². The molecule has 0 unspecified atom stereocenters. The van der Waals surface area contributed by atoms with Gasteiger partial charge in [0.2, 0.25) is 0 Å². The van der Waals surface area contributed by atoms with Gasteiger partial charge in [0.15, 0.2) is 0 Å². The number of rotatable bonds is 3. The summed E-state index contributed by atoms with van der Waals surface area (Å²) in [6.07, 6.45) is 5.22. The lowest BCUT2D eigenvalue weighted by atomic mass is 9.91. The highest BCUT2D eigenvalue weighted by molar-refractivity contribution is 5.74. The van der Waals surface area contributed by atoms with Crippen LogP contribution in [0.4, 0.5) is 4.79 Å². The zero-order valence-corrected chi connectivity index (χ0v) is 12.1. The van der Waals surface area contributed by atoms with Crippen molar-refractivity contribution in [2.45, 2.75) is 32.4 Å². The highest BCUT2D eigenvalue weighted by Gasteiger charge is 2.32. The summed E-state index contributed by atoms with van der Waals surface area (Å²) in [5, 5.41) is 2.91. The third-order valence-electron chi connectivity index (χ3n) is 3.99. The van der Waals surface area contributed by atoms with Gasteiger partial charge >= 0.3 is 6.03 Å². The van der Waals surface area contributed by atoms with Gasteiger partial charge in [-0.25, -0.2) is 4.79 Å². The monoisotopic (exact) mass is 288 g/mol. The first-order chi connectivity index (χ1) is 10.2. The minimum atomic E-state index is -0.0697. The summed E-state index contributed by atoms with van der Waals surface area (Å²) in [6, 6.07) is 7.42. The van der Waals surface area contributed by atoms with Crippen LogP contribution in [0.3, 0.4) is 0 Å². The van der Waals surface area contributed by atoms with Gasteiger partial charge in [0.25, 0.3) is 0 Å². The number of hydrogen-bond donors (Lipinski definition) is 1. The Kier molecular flexibility index (Phi) is 3.99. The molecule has 2 amide bonds. The van der Waals surface area contributed by atoms with Gasteiger partial charge in [0.1, 0.15) is 11.5 Å². The van der Waals surface area contributed by atoms with Gasteiger partial charge in [-0.15, -0.1) is 0 Å². The van der Waals surface area contributed by atoms with E-state index in [4.69, 9.17) is 8.83 Å². The van der Waals surface area contributed by atoms with Gasteiger partial charge in [-0.05, 0) is 43.0 Å². The average molecular weight is 288 g/mol. The highest BCUT2D eigenvalue weighted by Crippen LogP contribution is 2.34. The Balaban J connectivity index is 1.67. The number of nitrogens with one attached hydrogen (secondary N) is 1. The van der Waals surface area contributed by atoms with Gasteiger partial charge in [-0.3, -0.25) is 0 Å². The maximum Gasteiger partial charge on any atom is 0.318 e. The molecule has 5 nitrogen and oxygen atoms in total. The molecule has 2 aromatic heterocycles. The van der Waals surface area contributed by atoms with E-state index in [2.05, 4.69) is 12.2 Å². The number of carbonyl (C=O) groups excluding carboxylic acids is 1. The number of carbonyl (C=O) groups is 1. The molecule has 1 fully saturated rings. The molecule has 5 heteroatoms. The normalized spacial score (nSPS) is 22.2. The zero-order chi connectivity index (χ0) is 14.7. The van der Waals surface area contributed by atoms with Crippen molar-refractivity contribution in [2.24, 2.45) is 5.92 Å². The molecule has 21 heavy (non-hydrogen) atoms. The number of urea groups is 1. The molecule has 3 heterocycles. The number of hydrogen-bond acceptors (Lipinski definition) is 3. The van der Waals surface area contributed by atoms with Crippen LogP contribution in [0, 0.1) is 5.92 Å². The molecule has 0 radical (unpaired) electrons. The fourth-order valence-corrected chi connectivity index (χ4v) is 2.81. The van der Waals surface area contributed by atoms with Crippen molar-refractivity contribution < 1.29 is 13.6 Å². The summed E-state index contributed by atoms with van der Waals surface area (Å²) in [6.45, 7) is 3.37. The third kappa shape index (κ3) is 3.12. The highest BCUT2D eigenvalue weighted by atomic mass is 16.3. The van der Waals surface area contributed by atoms with E-state index >= 15 is 0 Å². The first-order valence-corrected chi connectivity index (χ1v) is 7.34. The lowest BCUT2D eigenvalue weighted by molar-refractivity contribution is 0.119. The van der Waals surface area contributed by atoms with E-state index < -0.39 is 0 Å². The molecule has 2 atom stereocenters. The second kappa shape index (κ2) is 6.08. The number of amides is 2. The molecule has 0 aromatic carbocycles. The Morgan fingerprint density at radius 3 is 2.86 bits per heavy atom. The molecule has 0 saturated carbocycles. The number of furan rings is 2. The Labute approximate surface area is 123 Å². The van der Waals surface area contributed by atoms with Crippen LogP contribution in [0.5, 0.6) is 0 Å². The maximum absolute atomic E-state index is 12.4. The minimum absolute atomic E-state index is 0.0142. The van der Waals surface area contributed by atoms with Crippen LogP contribution >= 0.6 is 0 Å². The van der Waals surface area contributed by atoms with E-state index in [1.165, 1.54) is 0 Å². The molecule has 0 spiro atoms. The Morgan fingerprint density at radius 1 is 1.33 bits per heavy atom. The van der Waals surface area contributed by atoms with Crippen molar-refractivity contribution in [3.05, 3.63) is 48.3 Å². The van der Waals surface area contributed by atoms with E-state index in [9.17, 15) is 4.79 Å². The first-order valence-electron chi connectivity index (χ1n) is 7.34. The second-order valence-electron chi connectivity index (χ2n) is 5.59. The molecular weight excluding hydrogens is 268 g/mol. The van der Waals surface area contributed by atoms with Crippen LogP contribution in [0.25, 0.3) is 0 Å². The fourth-order valence-electron chi connectivity index (χ4n) is 2.81. The molecule has 1 aliphatic heterocycles. The van der Waals surface area contributed by atoms with Gasteiger partial charge in [-0.1, -0.05) is 6.92 Å². The zero-order valence-electron chi connectivity index (χ0n) is 12.1. The smallest absolute Gasteiger partial charge is 0.318 e. The molecule has 3 rings (SSSR count). The molecule has 0 aliphatic carbocycles. The number of likely N-dealkylation sites (tertiary alicyclic amines) is 1. The summed E-state index contributed by atoms with van der Waals surface area (Å²) in [5.41, 5.74) is 0. The maximum atomic E-state index is 12.4. The largest absolute Gasteiger partial charge is 0.467 e. The van der Waals surface area contributed by atoms with Crippen LogP contribution in [0.1, 0.15) is 37.3 Å². The van der Waals surface area contributed by atoms with Crippen molar-refractivity contribution in [1.82, 2.24) is 10.2 Å². The summed E-state index contributed by atoms with van der Waals surface area (Å²) in [4.78, 5) is 14.3. The topological polar surface area (TPSA) is 58.6 Å². The molecule has 0 bridgehead atoms. The van der Waals surface area contributed by atoms with Crippen LogP contribution in [-0.2, 0) is 6.54 Å². The Morgan fingerprint density at radius 2 is 2.14 bits per heavy atom. The lowest BCUT2D eigenvalue weighted by Crippen LogP contribution is -2.45. The Bertz CT molecular complexity index is 562. The molecule has 2 aromatic rings. The van der Waals surface area contributed by atoms with E-state index in [0.717, 1.165) is 30.9 Å². The predicted octanol–water partition coefficient (Wildman–Crippen LogP) is 3.56. The van der Waals surface area contributed by atoms with Crippen molar-refractivity contribution >= 4 is 6.03 Å². The number of nitrogens with zero attached hydrogens (tertiary/aromatic N) is 1. The van der Waals surface area contributed by atoms with Gasteiger partial charge in [-0.2, -0.15) is 0 Å². The summed E-state index contributed by atoms with van der Waals surface area (Å²) >= 11 is 0.